The molecule has 0 fully saturated rings. The highest BCUT2D eigenvalue weighted by molar-refractivity contribution is 5.82. The van der Waals surface area contributed by atoms with Gasteiger partial charge >= 0.3 is 5.69 Å². The Morgan fingerprint density at radius 2 is 2.20 bits per heavy atom. The van der Waals surface area contributed by atoms with Crippen LogP contribution < -0.4 is 16.3 Å². The van der Waals surface area contributed by atoms with Crippen molar-refractivity contribution in [3.8, 4) is 0 Å². The first kappa shape index (κ1) is 14.0. The largest absolute Gasteiger partial charge is 0.369 e. The molecule has 2 rings (SSSR count). The second-order valence-electron chi connectivity index (χ2n) is 5.23. The van der Waals surface area contributed by atoms with Gasteiger partial charge in [-0.1, -0.05) is 0 Å². The minimum absolute atomic E-state index is 0.0567. The minimum atomic E-state index is -0.568. The highest BCUT2D eigenvalue weighted by Crippen LogP contribution is 2.16. The normalized spacial score (nSPS) is 11.6. The van der Waals surface area contributed by atoms with Crippen LogP contribution in [0.15, 0.2) is 10.9 Å². The van der Waals surface area contributed by atoms with Gasteiger partial charge in [0.05, 0.1) is 5.41 Å². The molecule has 2 aromatic heterocycles. The number of aromatic nitrogens is 4. The lowest BCUT2D eigenvalue weighted by Gasteiger charge is -2.23. The van der Waals surface area contributed by atoms with Crippen LogP contribution in [-0.4, -0.2) is 39.1 Å². The second kappa shape index (κ2) is 4.95. The molecule has 0 aliphatic carbocycles. The summed E-state index contributed by atoms with van der Waals surface area (Å²) in [5.74, 6) is 1.05. The van der Waals surface area contributed by atoms with Gasteiger partial charge in [-0.3, -0.25) is 4.79 Å². The molecule has 0 bridgehead atoms. The Morgan fingerprint density at radius 3 is 2.85 bits per heavy atom. The van der Waals surface area contributed by atoms with Gasteiger partial charge < -0.3 is 10.6 Å². The molecule has 0 aromatic carbocycles. The van der Waals surface area contributed by atoms with E-state index in [9.17, 15) is 9.59 Å². The zero-order chi connectivity index (χ0) is 14.9. The van der Waals surface area contributed by atoms with Crippen LogP contribution in [0.1, 0.15) is 19.7 Å². The van der Waals surface area contributed by atoms with Gasteiger partial charge in [-0.05, 0) is 20.8 Å². The molecule has 2 heterocycles. The number of hydrogen-bond acceptors (Lipinski definition) is 5. The van der Waals surface area contributed by atoms with E-state index in [-0.39, 0.29) is 11.6 Å². The smallest absolute Gasteiger partial charge is 0.349 e. The summed E-state index contributed by atoms with van der Waals surface area (Å²) in [5, 5.41) is 12.0. The molecule has 0 spiro atoms. The summed E-state index contributed by atoms with van der Waals surface area (Å²) >= 11 is 0. The maximum Gasteiger partial charge on any atom is 0.349 e. The van der Waals surface area contributed by atoms with Crippen molar-refractivity contribution in [1.82, 2.24) is 24.9 Å². The molecule has 0 radical (unpaired) electrons. The topological polar surface area (TPSA) is 104 Å². The monoisotopic (exact) mass is 278 g/mol. The maximum absolute atomic E-state index is 11.7. The highest BCUT2D eigenvalue weighted by Gasteiger charge is 2.26. The molecule has 1 amide bonds. The van der Waals surface area contributed by atoms with Crippen LogP contribution in [0.5, 0.6) is 0 Å². The first-order valence-corrected chi connectivity index (χ1v) is 6.26. The molecule has 0 atom stereocenters. The molecule has 20 heavy (non-hydrogen) atoms. The zero-order valence-corrected chi connectivity index (χ0v) is 11.9. The fourth-order valence-electron chi connectivity index (χ4n) is 1.92. The Labute approximate surface area is 115 Å². The lowest BCUT2D eigenvalue weighted by molar-refractivity contribution is -0.128. The van der Waals surface area contributed by atoms with Crippen LogP contribution in [0.4, 0.5) is 5.82 Å². The number of carbonyl (C=O) groups is 1. The van der Waals surface area contributed by atoms with Crippen LogP contribution in [-0.2, 0) is 4.79 Å². The lowest BCUT2D eigenvalue weighted by Crippen LogP contribution is -2.39. The molecule has 0 unspecified atom stereocenters. The number of fused-ring (bicyclic) bond motifs is 1. The third-order valence-corrected chi connectivity index (χ3v) is 3.12. The van der Waals surface area contributed by atoms with E-state index in [0.29, 0.717) is 23.8 Å². The van der Waals surface area contributed by atoms with Gasteiger partial charge in [-0.2, -0.15) is 5.10 Å². The van der Waals surface area contributed by atoms with E-state index in [4.69, 9.17) is 0 Å². The van der Waals surface area contributed by atoms with Crippen molar-refractivity contribution in [2.24, 2.45) is 5.41 Å². The number of aryl methyl sites for hydroxylation is 1. The fourth-order valence-corrected chi connectivity index (χ4v) is 1.92. The summed E-state index contributed by atoms with van der Waals surface area (Å²) in [6, 6.07) is 1.66. The lowest BCUT2D eigenvalue weighted by atomic mass is 9.92. The Kier molecular flexibility index (Phi) is 3.47. The predicted octanol–water partition coefficient (Wildman–Crippen LogP) is -0.0899. The summed E-state index contributed by atoms with van der Waals surface area (Å²) in [6.45, 7) is 5.81. The standard InChI is InChI=1S/C12H18N6O2/c1-7-15-8(5-9-16-17-11(20)18(7)9)14-6-12(2,3)10(19)13-4/h5,14H,6H2,1-4H3,(H,13,19)(H,17,20). The van der Waals surface area contributed by atoms with E-state index in [1.807, 2.05) is 13.8 Å². The Balaban J connectivity index is 2.23. The number of amides is 1. The molecule has 3 N–H and O–H groups in total. The van der Waals surface area contributed by atoms with Crippen molar-refractivity contribution in [2.75, 3.05) is 18.9 Å². The number of nitrogens with zero attached hydrogens (tertiary/aromatic N) is 3. The average molecular weight is 278 g/mol. The number of anilines is 1. The first-order valence-electron chi connectivity index (χ1n) is 6.26. The molecule has 8 nitrogen and oxygen atoms in total. The van der Waals surface area contributed by atoms with Gasteiger partial charge in [0.2, 0.25) is 5.91 Å². The molecule has 0 aliphatic rings. The van der Waals surface area contributed by atoms with Crippen molar-refractivity contribution in [3.63, 3.8) is 0 Å². The summed E-state index contributed by atoms with van der Waals surface area (Å²) < 4.78 is 1.38. The highest BCUT2D eigenvalue weighted by atomic mass is 16.2. The van der Waals surface area contributed by atoms with E-state index < -0.39 is 5.41 Å². The third kappa shape index (κ3) is 2.49. The van der Waals surface area contributed by atoms with Crippen molar-refractivity contribution >= 4 is 17.4 Å². The molecule has 0 saturated heterocycles. The van der Waals surface area contributed by atoms with Gasteiger partial charge in [0, 0.05) is 19.7 Å². The molecule has 108 valence electrons. The van der Waals surface area contributed by atoms with Gasteiger partial charge in [0.15, 0.2) is 5.65 Å². The zero-order valence-electron chi connectivity index (χ0n) is 11.9. The molecule has 8 heteroatoms. The van der Waals surface area contributed by atoms with Crippen LogP contribution in [0.25, 0.3) is 5.65 Å². The number of carbonyl (C=O) groups excluding carboxylic acids is 1. The van der Waals surface area contributed by atoms with Gasteiger partial charge in [0.25, 0.3) is 0 Å². The van der Waals surface area contributed by atoms with Crippen molar-refractivity contribution in [1.29, 1.82) is 0 Å². The molecular weight excluding hydrogens is 260 g/mol. The van der Waals surface area contributed by atoms with E-state index in [2.05, 4.69) is 25.8 Å². The van der Waals surface area contributed by atoms with Gasteiger partial charge in [0.1, 0.15) is 11.6 Å². The number of rotatable bonds is 4. The van der Waals surface area contributed by atoms with Crippen molar-refractivity contribution in [3.05, 3.63) is 22.4 Å². The van der Waals surface area contributed by atoms with E-state index >= 15 is 0 Å². The summed E-state index contributed by atoms with van der Waals surface area (Å²) in [6.07, 6.45) is 0. The number of H-pyrrole nitrogens is 1. The number of aromatic amines is 1. The number of nitrogens with one attached hydrogen (secondary N) is 3. The Bertz CT molecular complexity index is 700. The number of hydrogen-bond donors (Lipinski definition) is 3. The van der Waals surface area contributed by atoms with Crippen LogP contribution in [0.3, 0.4) is 0 Å². The van der Waals surface area contributed by atoms with Gasteiger partial charge in [-0.25, -0.2) is 19.3 Å². The van der Waals surface area contributed by atoms with E-state index in [1.165, 1.54) is 4.40 Å². The van der Waals surface area contributed by atoms with Gasteiger partial charge in [-0.15, -0.1) is 0 Å². The molecular formula is C12H18N6O2. The maximum atomic E-state index is 11.7. The summed E-state index contributed by atoms with van der Waals surface area (Å²) in [4.78, 5) is 27.5. The Hall–Kier alpha value is -2.38. The molecule has 2 aromatic rings. The van der Waals surface area contributed by atoms with Crippen LogP contribution >= 0.6 is 0 Å². The van der Waals surface area contributed by atoms with E-state index in [0.717, 1.165) is 0 Å². The predicted molar refractivity (Wildman–Crippen MR) is 74.7 cm³/mol. The second-order valence-corrected chi connectivity index (χ2v) is 5.23. The minimum Gasteiger partial charge on any atom is -0.369 e. The third-order valence-electron chi connectivity index (χ3n) is 3.12. The first-order chi connectivity index (χ1) is 9.35. The summed E-state index contributed by atoms with van der Waals surface area (Å²) in [7, 11) is 1.61. The van der Waals surface area contributed by atoms with E-state index in [1.54, 1.807) is 20.0 Å². The average Bonchev–Trinajstić information content (AvgIpc) is 2.77. The molecule has 0 saturated carbocycles. The van der Waals surface area contributed by atoms with Crippen LogP contribution in [0.2, 0.25) is 0 Å². The Morgan fingerprint density at radius 1 is 1.50 bits per heavy atom. The van der Waals surface area contributed by atoms with Crippen molar-refractivity contribution < 1.29 is 4.79 Å². The van der Waals surface area contributed by atoms with Crippen molar-refractivity contribution in [2.45, 2.75) is 20.8 Å². The fraction of sp³-hybridized carbons (Fsp3) is 0.500. The molecule has 0 aliphatic heterocycles. The quantitative estimate of drug-likeness (QED) is 0.725. The van der Waals surface area contributed by atoms with Crippen LogP contribution in [0, 0.1) is 12.3 Å². The SMILES string of the molecule is CNC(=O)C(C)(C)CNc1cc2n[nH]c(=O)n2c(C)n1. The summed E-state index contributed by atoms with van der Waals surface area (Å²) in [5.41, 5.74) is -0.396.